The van der Waals surface area contributed by atoms with Crippen molar-refractivity contribution < 1.29 is 4.39 Å². The molecule has 1 aliphatic heterocycles. The van der Waals surface area contributed by atoms with Crippen LogP contribution in [0.15, 0.2) is 23.2 Å². The second-order valence-electron chi connectivity index (χ2n) is 5.38. The highest BCUT2D eigenvalue weighted by atomic mass is 19.1. The molecule has 0 saturated heterocycles. The Labute approximate surface area is 142 Å². The zero-order chi connectivity index (χ0) is 18.1. The number of nitrogen functional groups attached to an aromatic ring is 2. The van der Waals surface area contributed by atoms with E-state index in [1.165, 1.54) is 0 Å². The van der Waals surface area contributed by atoms with Gasteiger partial charge in [-0.1, -0.05) is 18.2 Å². The van der Waals surface area contributed by atoms with Crippen LogP contribution in [0.2, 0.25) is 0 Å². The smallest absolute Gasteiger partial charge is 0.211 e. The molecule has 2 aromatic rings. The number of nitriles is 2. The molecule has 124 valence electrons. The molecule has 8 nitrogen and oxygen atoms in total. The number of aromatic nitrogens is 1. The average molecular weight is 336 g/mol. The predicted molar refractivity (Wildman–Crippen MR) is 90.6 cm³/mol. The number of pyridine rings is 1. The Hall–Kier alpha value is -3.85. The first-order valence-corrected chi connectivity index (χ1v) is 7.21. The fraction of sp³-hybridized carbons (Fsp3) is 0.125. The maximum Gasteiger partial charge on any atom is 0.211 e. The fourth-order valence-corrected chi connectivity index (χ4v) is 2.69. The van der Waals surface area contributed by atoms with Crippen molar-refractivity contribution in [3.05, 3.63) is 46.3 Å². The molecule has 1 unspecified atom stereocenters. The number of anilines is 3. The third-order valence-electron chi connectivity index (χ3n) is 3.87. The van der Waals surface area contributed by atoms with Crippen LogP contribution < -0.4 is 22.1 Å². The van der Waals surface area contributed by atoms with Crippen molar-refractivity contribution in [2.24, 2.45) is 4.99 Å². The maximum atomic E-state index is 14.7. The minimum Gasteiger partial charge on any atom is -0.397 e. The van der Waals surface area contributed by atoms with Gasteiger partial charge in [-0.3, -0.25) is 5.32 Å². The molecule has 1 aromatic carbocycles. The molecule has 0 bridgehead atoms. The molecule has 1 aliphatic rings. The van der Waals surface area contributed by atoms with E-state index in [1.807, 2.05) is 6.07 Å². The molecule has 9 heteroatoms. The number of aryl methyl sites for hydroxylation is 1. The lowest BCUT2D eigenvalue weighted by atomic mass is 9.94. The normalized spacial score (nSPS) is 15.2. The van der Waals surface area contributed by atoms with Gasteiger partial charge in [-0.15, -0.1) is 0 Å². The fourth-order valence-electron chi connectivity index (χ4n) is 2.69. The van der Waals surface area contributed by atoms with Gasteiger partial charge in [0.1, 0.15) is 35.1 Å². The van der Waals surface area contributed by atoms with E-state index in [1.54, 1.807) is 31.3 Å². The summed E-state index contributed by atoms with van der Waals surface area (Å²) >= 11 is 0. The number of aliphatic imine (C=N–C) groups is 1. The quantitative estimate of drug-likeness (QED) is 0.455. The van der Waals surface area contributed by atoms with Gasteiger partial charge in [0.25, 0.3) is 0 Å². The van der Waals surface area contributed by atoms with Gasteiger partial charge in [-0.2, -0.15) is 10.5 Å². The molecule has 0 spiro atoms. The maximum absolute atomic E-state index is 14.7. The number of nitrogens with zero attached hydrogens (tertiary/aromatic N) is 4. The number of nitrogens with one attached hydrogen (secondary N) is 2. The Balaban J connectivity index is 2.30. The molecule has 1 atom stereocenters. The summed E-state index contributed by atoms with van der Waals surface area (Å²) in [6.07, 6.45) is 1.74. The topological polar surface area (TPSA) is 149 Å². The number of fused-ring (bicyclic) bond motifs is 1. The van der Waals surface area contributed by atoms with E-state index in [-0.39, 0.29) is 34.4 Å². The van der Waals surface area contributed by atoms with Crippen LogP contribution in [-0.4, -0.2) is 10.9 Å². The van der Waals surface area contributed by atoms with Crippen molar-refractivity contribution in [1.82, 2.24) is 10.3 Å². The van der Waals surface area contributed by atoms with E-state index in [0.29, 0.717) is 11.1 Å². The number of rotatable bonds is 1. The van der Waals surface area contributed by atoms with Gasteiger partial charge in [0.2, 0.25) is 5.96 Å². The molecule has 25 heavy (non-hydrogen) atoms. The highest BCUT2D eigenvalue weighted by molar-refractivity contribution is 5.98. The van der Waals surface area contributed by atoms with Gasteiger partial charge >= 0.3 is 0 Å². The standard InChI is InChI=1S/C16H13FN8/c1-7-3-2-4-8(11(7)17)13-10-12(20)9(5-18)14(21)24-15(10)25-16(23-13)22-6-19/h2-4,13H,1H3,(H6,20,21,22,23,24,25). The van der Waals surface area contributed by atoms with Gasteiger partial charge in [0.05, 0.1) is 5.69 Å². The zero-order valence-corrected chi connectivity index (χ0v) is 13.1. The van der Waals surface area contributed by atoms with Crippen LogP contribution in [-0.2, 0) is 0 Å². The summed E-state index contributed by atoms with van der Waals surface area (Å²) in [6.45, 7) is 1.63. The van der Waals surface area contributed by atoms with Crippen LogP contribution in [0.1, 0.15) is 28.3 Å². The van der Waals surface area contributed by atoms with E-state index >= 15 is 0 Å². The molecule has 3 rings (SSSR count). The van der Waals surface area contributed by atoms with Crippen molar-refractivity contribution in [2.75, 3.05) is 16.8 Å². The first-order chi connectivity index (χ1) is 12.0. The van der Waals surface area contributed by atoms with Gasteiger partial charge in [0.15, 0.2) is 6.19 Å². The number of halogens is 1. The van der Waals surface area contributed by atoms with Crippen LogP contribution in [0.4, 0.5) is 21.7 Å². The van der Waals surface area contributed by atoms with Gasteiger partial charge < -0.3 is 16.8 Å². The summed E-state index contributed by atoms with van der Waals surface area (Å²) in [5.41, 5.74) is 12.9. The first-order valence-electron chi connectivity index (χ1n) is 7.21. The summed E-state index contributed by atoms with van der Waals surface area (Å²) in [4.78, 5) is 8.43. The molecule has 0 radical (unpaired) electrons. The van der Waals surface area contributed by atoms with Gasteiger partial charge in [-0.05, 0) is 12.5 Å². The van der Waals surface area contributed by atoms with Crippen LogP contribution in [0.25, 0.3) is 0 Å². The molecule has 0 fully saturated rings. The third kappa shape index (κ3) is 2.54. The van der Waals surface area contributed by atoms with Gasteiger partial charge in [-0.25, -0.2) is 14.4 Å². The largest absolute Gasteiger partial charge is 0.397 e. The lowest BCUT2D eigenvalue weighted by Crippen LogP contribution is -2.33. The Bertz CT molecular complexity index is 983. The third-order valence-corrected chi connectivity index (χ3v) is 3.87. The van der Waals surface area contributed by atoms with Crippen LogP contribution in [0, 0.1) is 35.5 Å². The van der Waals surface area contributed by atoms with E-state index < -0.39 is 11.9 Å². The predicted octanol–water partition coefficient (Wildman–Crippen LogP) is 1.51. The van der Waals surface area contributed by atoms with Crippen molar-refractivity contribution in [2.45, 2.75) is 13.0 Å². The van der Waals surface area contributed by atoms with Crippen molar-refractivity contribution in [3.63, 3.8) is 0 Å². The summed E-state index contributed by atoms with van der Waals surface area (Å²) in [5, 5.41) is 23.2. The number of hydrogen-bond acceptors (Lipinski definition) is 8. The van der Waals surface area contributed by atoms with E-state index in [4.69, 9.17) is 16.7 Å². The van der Waals surface area contributed by atoms with Gasteiger partial charge in [0, 0.05) is 11.1 Å². The Morgan fingerprint density at radius 1 is 1.32 bits per heavy atom. The molecular formula is C16H13FN8. The first kappa shape index (κ1) is 16.0. The minimum absolute atomic E-state index is 0.00510. The average Bonchev–Trinajstić information content (AvgIpc) is 2.57. The van der Waals surface area contributed by atoms with Crippen molar-refractivity contribution in [3.8, 4) is 12.3 Å². The Morgan fingerprint density at radius 3 is 2.76 bits per heavy atom. The summed E-state index contributed by atoms with van der Waals surface area (Å²) in [7, 11) is 0. The van der Waals surface area contributed by atoms with Crippen LogP contribution >= 0.6 is 0 Å². The minimum atomic E-state index is -0.882. The summed E-state index contributed by atoms with van der Waals surface area (Å²) < 4.78 is 14.7. The van der Waals surface area contributed by atoms with E-state index in [2.05, 4.69) is 20.6 Å². The van der Waals surface area contributed by atoms with E-state index in [9.17, 15) is 9.65 Å². The zero-order valence-electron chi connectivity index (χ0n) is 13.1. The number of benzene rings is 1. The SMILES string of the molecule is Cc1cccc(C2N=C(NC#N)Nc3nc(N)c(C#N)c(N)c32)c1F. The van der Waals surface area contributed by atoms with Crippen LogP contribution in [0.3, 0.4) is 0 Å². The molecule has 0 amide bonds. The molecule has 0 aliphatic carbocycles. The Kier molecular flexibility index (Phi) is 3.83. The number of nitrogens with two attached hydrogens (primary N) is 2. The lowest BCUT2D eigenvalue weighted by Gasteiger charge is -2.26. The number of hydrogen-bond donors (Lipinski definition) is 4. The second kappa shape index (κ2) is 5.98. The highest BCUT2D eigenvalue weighted by Gasteiger charge is 2.31. The molecule has 0 saturated carbocycles. The Morgan fingerprint density at radius 2 is 2.08 bits per heavy atom. The monoisotopic (exact) mass is 336 g/mol. The van der Waals surface area contributed by atoms with Crippen molar-refractivity contribution in [1.29, 1.82) is 10.5 Å². The molecule has 2 heterocycles. The molecule has 6 N–H and O–H groups in total. The second-order valence-corrected chi connectivity index (χ2v) is 5.38. The number of guanidine groups is 1. The summed E-state index contributed by atoms with van der Waals surface area (Å²) in [5.74, 6) is -0.215. The highest BCUT2D eigenvalue weighted by Crippen LogP contribution is 2.41. The van der Waals surface area contributed by atoms with Crippen LogP contribution in [0.5, 0.6) is 0 Å². The molecular weight excluding hydrogens is 323 g/mol. The molecule has 1 aromatic heterocycles. The lowest BCUT2D eigenvalue weighted by molar-refractivity contribution is 0.590. The van der Waals surface area contributed by atoms with Crippen molar-refractivity contribution >= 4 is 23.3 Å². The van der Waals surface area contributed by atoms with E-state index in [0.717, 1.165) is 0 Å². The summed E-state index contributed by atoms with van der Waals surface area (Å²) in [6, 6.07) is 5.90.